The molecule has 92 valence electrons. The molecule has 0 aliphatic heterocycles. The first-order valence-electron chi connectivity index (χ1n) is 4.64. The molecule has 0 aliphatic carbocycles. The van der Waals surface area contributed by atoms with Gasteiger partial charge < -0.3 is 0 Å². The van der Waals surface area contributed by atoms with Crippen molar-refractivity contribution in [1.29, 1.82) is 0 Å². The fourth-order valence-corrected chi connectivity index (χ4v) is 3.74. The van der Waals surface area contributed by atoms with Crippen LogP contribution in [0.5, 0.6) is 0 Å². The van der Waals surface area contributed by atoms with Crippen molar-refractivity contribution in [2.24, 2.45) is 0 Å². The summed E-state index contributed by atoms with van der Waals surface area (Å²) in [5, 5.41) is 0. The maximum atomic E-state index is 10.7. The fourth-order valence-electron chi connectivity index (χ4n) is 1.09. The molecule has 0 radical (unpaired) electrons. The maximum absolute atomic E-state index is 10.7. The normalized spacial score (nSPS) is 10.1. The number of benzene rings is 1. The van der Waals surface area contributed by atoms with Crippen molar-refractivity contribution in [3.8, 4) is 0 Å². The van der Waals surface area contributed by atoms with Gasteiger partial charge >= 0.3 is 5.97 Å². The summed E-state index contributed by atoms with van der Waals surface area (Å²) in [7, 11) is 0. The standard InChI is InChI=1S/C11H9Br3O3/c1-2-11(15)17-16-4-3-8-9(13)5-7(12)6-10(8)14/h2,5-6H,1,3-4H2. The van der Waals surface area contributed by atoms with Crippen molar-refractivity contribution in [3.05, 3.63) is 43.8 Å². The Morgan fingerprint density at radius 2 is 1.88 bits per heavy atom. The van der Waals surface area contributed by atoms with E-state index in [0.717, 1.165) is 25.1 Å². The van der Waals surface area contributed by atoms with Gasteiger partial charge in [-0.2, -0.15) is 4.89 Å². The van der Waals surface area contributed by atoms with Crippen LogP contribution in [0.25, 0.3) is 0 Å². The van der Waals surface area contributed by atoms with Gasteiger partial charge in [-0.25, -0.2) is 4.79 Å². The third-order valence-corrected chi connectivity index (χ3v) is 3.72. The third-order valence-electron chi connectivity index (χ3n) is 1.85. The van der Waals surface area contributed by atoms with Gasteiger partial charge in [0.05, 0.1) is 6.61 Å². The second kappa shape index (κ2) is 7.31. The summed E-state index contributed by atoms with van der Waals surface area (Å²) >= 11 is 10.3. The van der Waals surface area contributed by atoms with Gasteiger partial charge in [-0.05, 0) is 17.7 Å². The van der Waals surface area contributed by atoms with Crippen molar-refractivity contribution in [3.63, 3.8) is 0 Å². The smallest absolute Gasteiger partial charge is 0.294 e. The van der Waals surface area contributed by atoms with E-state index in [-0.39, 0.29) is 6.61 Å². The van der Waals surface area contributed by atoms with Crippen LogP contribution < -0.4 is 0 Å². The van der Waals surface area contributed by atoms with E-state index in [1.807, 2.05) is 12.1 Å². The van der Waals surface area contributed by atoms with Crippen LogP contribution in [0.2, 0.25) is 0 Å². The van der Waals surface area contributed by atoms with E-state index in [1.54, 1.807) is 0 Å². The first-order chi connectivity index (χ1) is 8.04. The largest absolute Gasteiger partial charge is 0.365 e. The lowest BCUT2D eigenvalue weighted by Gasteiger charge is -2.08. The van der Waals surface area contributed by atoms with E-state index in [4.69, 9.17) is 4.89 Å². The molecule has 0 bridgehead atoms. The van der Waals surface area contributed by atoms with Crippen LogP contribution >= 0.6 is 47.8 Å². The molecular weight excluding hydrogens is 420 g/mol. The molecule has 6 heteroatoms. The van der Waals surface area contributed by atoms with Gasteiger partial charge in [0.25, 0.3) is 0 Å². The molecule has 1 aromatic rings. The molecule has 0 N–H and O–H groups in total. The van der Waals surface area contributed by atoms with Crippen molar-refractivity contribution < 1.29 is 14.6 Å². The molecule has 1 rings (SSSR count). The molecule has 3 nitrogen and oxygen atoms in total. The highest BCUT2D eigenvalue weighted by molar-refractivity contribution is 9.11. The van der Waals surface area contributed by atoms with E-state index in [1.165, 1.54) is 0 Å². The summed E-state index contributed by atoms with van der Waals surface area (Å²) in [5.41, 5.74) is 1.04. The molecule has 0 atom stereocenters. The number of hydrogen-bond acceptors (Lipinski definition) is 3. The molecule has 0 saturated heterocycles. The predicted molar refractivity (Wildman–Crippen MR) is 75.5 cm³/mol. The summed E-state index contributed by atoms with van der Waals surface area (Å²) in [6, 6.07) is 3.88. The SMILES string of the molecule is C=CC(=O)OOCCc1c(Br)cc(Br)cc1Br. The van der Waals surface area contributed by atoms with Crippen LogP contribution in [-0.2, 0) is 21.0 Å². The fraction of sp³-hybridized carbons (Fsp3) is 0.182. The van der Waals surface area contributed by atoms with Crippen LogP contribution in [0, 0.1) is 0 Å². The molecule has 17 heavy (non-hydrogen) atoms. The Hall–Kier alpha value is -0.170. The highest BCUT2D eigenvalue weighted by Gasteiger charge is 2.07. The lowest BCUT2D eigenvalue weighted by Crippen LogP contribution is -2.05. The van der Waals surface area contributed by atoms with Crippen LogP contribution in [0.3, 0.4) is 0 Å². The number of rotatable bonds is 5. The molecule has 0 aliphatic rings. The zero-order valence-electron chi connectivity index (χ0n) is 8.71. The van der Waals surface area contributed by atoms with E-state index in [0.29, 0.717) is 6.42 Å². The minimum Gasteiger partial charge on any atom is -0.294 e. The van der Waals surface area contributed by atoms with Crippen LogP contribution in [0.1, 0.15) is 5.56 Å². The highest BCUT2D eigenvalue weighted by atomic mass is 79.9. The van der Waals surface area contributed by atoms with Crippen LogP contribution in [0.4, 0.5) is 0 Å². The lowest BCUT2D eigenvalue weighted by atomic mass is 10.2. The molecule has 0 saturated carbocycles. The van der Waals surface area contributed by atoms with Gasteiger partial charge in [-0.15, -0.1) is 0 Å². The quantitative estimate of drug-likeness (QED) is 0.305. The van der Waals surface area contributed by atoms with E-state index in [9.17, 15) is 4.79 Å². The van der Waals surface area contributed by atoms with Gasteiger partial charge in [-0.1, -0.05) is 54.4 Å². The minimum atomic E-state index is -0.598. The zero-order valence-corrected chi connectivity index (χ0v) is 13.5. The molecule has 0 amide bonds. The Morgan fingerprint density at radius 1 is 1.29 bits per heavy atom. The third kappa shape index (κ3) is 4.91. The second-order valence-corrected chi connectivity index (χ2v) is 5.65. The number of hydrogen-bond donors (Lipinski definition) is 0. The molecule has 0 spiro atoms. The van der Waals surface area contributed by atoms with Crippen molar-refractivity contribution in [1.82, 2.24) is 0 Å². The second-order valence-electron chi connectivity index (χ2n) is 3.03. The van der Waals surface area contributed by atoms with Crippen molar-refractivity contribution in [2.45, 2.75) is 6.42 Å². The first kappa shape index (κ1) is 14.9. The molecule has 1 aromatic carbocycles. The lowest BCUT2D eigenvalue weighted by molar-refractivity contribution is -0.266. The predicted octanol–water partition coefficient (Wildman–Crippen LogP) is 4.18. The average Bonchev–Trinajstić information content (AvgIpc) is 2.26. The van der Waals surface area contributed by atoms with E-state index < -0.39 is 5.97 Å². The summed E-state index contributed by atoms with van der Waals surface area (Å²) in [4.78, 5) is 19.9. The van der Waals surface area contributed by atoms with Gasteiger partial charge in [0.2, 0.25) is 0 Å². The number of carbonyl (C=O) groups is 1. The Balaban J connectivity index is 2.52. The van der Waals surface area contributed by atoms with Gasteiger partial charge in [0, 0.05) is 25.9 Å². The zero-order chi connectivity index (χ0) is 12.8. The summed E-state index contributed by atoms with van der Waals surface area (Å²) in [6.45, 7) is 3.54. The highest BCUT2D eigenvalue weighted by Crippen LogP contribution is 2.30. The summed E-state index contributed by atoms with van der Waals surface area (Å²) in [5.74, 6) is -0.598. The van der Waals surface area contributed by atoms with Crippen LogP contribution in [-0.4, -0.2) is 12.6 Å². The topological polar surface area (TPSA) is 35.5 Å². The van der Waals surface area contributed by atoms with Gasteiger partial charge in [-0.3, -0.25) is 4.89 Å². The Morgan fingerprint density at radius 3 is 2.41 bits per heavy atom. The summed E-state index contributed by atoms with van der Waals surface area (Å²) in [6.07, 6.45) is 1.66. The molecular formula is C11H9Br3O3. The Labute approximate surface area is 124 Å². The number of halogens is 3. The van der Waals surface area contributed by atoms with Gasteiger partial charge in [0.15, 0.2) is 0 Å². The van der Waals surface area contributed by atoms with Gasteiger partial charge in [0.1, 0.15) is 0 Å². The average molecular weight is 429 g/mol. The Bertz CT molecular complexity index is 409. The molecule has 0 fully saturated rings. The molecule has 0 unspecified atom stereocenters. The van der Waals surface area contributed by atoms with E-state index in [2.05, 4.69) is 59.3 Å². The monoisotopic (exact) mass is 426 g/mol. The molecule has 0 heterocycles. The molecule has 0 aromatic heterocycles. The van der Waals surface area contributed by atoms with Crippen LogP contribution in [0.15, 0.2) is 38.2 Å². The van der Waals surface area contributed by atoms with Crippen molar-refractivity contribution in [2.75, 3.05) is 6.61 Å². The van der Waals surface area contributed by atoms with E-state index >= 15 is 0 Å². The Kier molecular flexibility index (Phi) is 6.40. The maximum Gasteiger partial charge on any atom is 0.365 e. The number of carbonyl (C=O) groups excluding carboxylic acids is 1. The van der Waals surface area contributed by atoms with Crippen molar-refractivity contribution >= 4 is 53.8 Å². The summed E-state index contributed by atoms with van der Waals surface area (Å²) < 4.78 is 2.88. The first-order valence-corrected chi connectivity index (χ1v) is 7.01. The minimum absolute atomic E-state index is 0.276.